The summed E-state index contributed by atoms with van der Waals surface area (Å²) in [5.41, 5.74) is 2.79. The zero-order valence-electron chi connectivity index (χ0n) is 13.3. The number of hydrogen-bond donors (Lipinski definition) is 0. The first-order valence-electron chi connectivity index (χ1n) is 8.57. The van der Waals surface area contributed by atoms with Crippen molar-refractivity contribution in [2.45, 2.75) is 57.5 Å². The van der Waals surface area contributed by atoms with Gasteiger partial charge in [0, 0.05) is 5.92 Å². The lowest BCUT2D eigenvalue weighted by Crippen LogP contribution is -2.33. The Bertz CT molecular complexity index is 445. The van der Waals surface area contributed by atoms with Gasteiger partial charge in [0.05, 0.1) is 12.7 Å². The Morgan fingerprint density at radius 2 is 1.71 bits per heavy atom. The predicted octanol–water partition coefficient (Wildman–Crippen LogP) is 5.25. The van der Waals surface area contributed by atoms with E-state index in [1.165, 1.54) is 49.7 Å². The maximum absolute atomic E-state index is 6.26. The van der Waals surface area contributed by atoms with E-state index in [2.05, 4.69) is 43.8 Å². The lowest BCUT2D eigenvalue weighted by atomic mass is 9.77. The molecule has 1 aromatic carbocycles. The van der Waals surface area contributed by atoms with Gasteiger partial charge >= 0.3 is 0 Å². The van der Waals surface area contributed by atoms with Gasteiger partial charge in [-0.25, -0.2) is 0 Å². The normalized spacial score (nSPS) is 33.6. The number of rotatable bonds is 3. The van der Waals surface area contributed by atoms with Gasteiger partial charge in [-0.2, -0.15) is 0 Å². The minimum absolute atomic E-state index is 0.512. The second-order valence-corrected chi connectivity index (χ2v) is 6.97. The molecule has 1 aliphatic heterocycles. The van der Waals surface area contributed by atoms with Crippen LogP contribution in [0.1, 0.15) is 55.6 Å². The van der Waals surface area contributed by atoms with E-state index in [0.717, 1.165) is 18.4 Å². The van der Waals surface area contributed by atoms with Gasteiger partial charge in [0.2, 0.25) is 0 Å². The minimum atomic E-state index is 0.512. The topological polar surface area (TPSA) is 9.23 Å². The van der Waals surface area contributed by atoms with Crippen LogP contribution in [0.5, 0.6) is 0 Å². The zero-order valence-corrected chi connectivity index (χ0v) is 13.3. The van der Waals surface area contributed by atoms with Gasteiger partial charge in [-0.1, -0.05) is 35.9 Å². The molecule has 0 spiro atoms. The first kappa shape index (κ1) is 14.8. The fourth-order valence-corrected chi connectivity index (χ4v) is 4.00. The molecule has 0 aromatic heterocycles. The first-order valence-corrected chi connectivity index (χ1v) is 8.57. The third-order valence-corrected chi connectivity index (χ3v) is 5.54. The van der Waals surface area contributed by atoms with Crippen LogP contribution in [0, 0.1) is 18.8 Å². The highest BCUT2D eigenvalue weighted by Gasteiger charge is 2.31. The van der Waals surface area contributed by atoms with Crippen molar-refractivity contribution in [3.05, 3.63) is 48.0 Å². The van der Waals surface area contributed by atoms with E-state index in [9.17, 15) is 0 Å². The SMILES string of the molecule is C=CC1CCC(C2CCC(c3ccc(C)cc3)CO2)CC1. The molecule has 3 rings (SSSR count). The van der Waals surface area contributed by atoms with Crippen molar-refractivity contribution in [3.63, 3.8) is 0 Å². The Morgan fingerprint density at radius 1 is 1.00 bits per heavy atom. The fraction of sp³-hybridized carbons (Fsp3) is 0.600. The molecule has 0 radical (unpaired) electrons. The third-order valence-electron chi connectivity index (χ3n) is 5.54. The fourth-order valence-electron chi connectivity index (χ4n) is 4.00. The number of allylic oxidation sites excluding steroid dienone is 1. The lowest BCUT2D eigenvalue weighted by Gasteiger charge is -2.37. The molecule has 1 saturated carbocycles. The standard InChI is InChI=1S/C20H28O/c1-3-16-6-10-18(11-7-16)20-13-12-19(14-21-20)17-8-4-15(2)5-9-17/h3-5,8-9,16,18-20H,1,6-7,10-14H2,2H3. The molecule has 1 aromatic rings. The third kappa shape index (κ3) is 3.58. The molecule has 0 amide bonds. The van der Waals surface area contributed by atoms with Crippen LogP contribution < -0.4 is 0 Å². The summed E-state index contributed by atoms with van der Waals surface area (Å²) in [7, 11) is 0. The number of ether oxygens (including phenoxy) is 1. The lowest BCUT2D eigenvalue weighted by molar-refractivity contribution is -0.0419. The molecular weight excluding hydrogens is 256 g/mol. The van der Waals surface area contributed by atoms with E-state index in [1.807, 2.05) is 0 Å². The Labute approximate surface area is 129 Å². The zero-order chi connectivity index (χ0) is 14.7. The van der Waals surface area contributed by atoms with Gasteiger partial charge in [-0.3, -0.25) is 0 Å². The Balaban J connectivity index is 1.51. The quantitative estimate of drug-likeness (QED) is 0.689. The van der Waals surface area contributed by atoms with Gasteiger partial charge in [0.1, 0.15) is 0 Å². The van der Waals surface area contributed by atoms with E-state index in [-0.39, 0.29) is 0 Å². The molecule has 1 aliphatic carbocycles. The van der Waals surface area contributed by atoms with Crippen LogP contribution in [0.4, 0.5) is 0 Å². The van der Waals surface area contributed by atoms with Crippen molar-refractivity contribution in [2.75, 3.05) is 6.61 Å². The van der Waals surface area contributed by atoms with Gasteiger partial charge in [-0.15, -0.1) is 6.58 Å². The summed E-state index contributed by atoms with van der Waals surface area (Å²) in [5, 5.41) is 0. The molecule has 21 heavy (non-hydrogen) atoms. The van der Waals surface area contributed by atoms with Crippen molar-refractivity contribution < 1.29 is 4.74 Å². The first-order chi connectivity index (χ1) is 10.3. The summed E-state index contributed by atoms with van der Waals surface area (Å²) < 4.78 is 6.26. The molecule has 1 nitrogen and oxygen atoms in total. The van der Waals surface area contributed by atoms with E-state index in [0.29, 0.717) is 12.0 Å². The number of aryl methyl sites for hydroxylation is 1. The van der Waals surface area contributed by atoms with Crippen LogP contribution in [0.2, 0.25) is 0 Å². The smallest absolute Gasteiger partial charge is 0.0603 e. The van der Waals surface area contributed by atoms with Gasteiger partial charge in [0.25, 0.3) is 0 Å². The molecule has 0 N–H and O–H groups in total. The van der Waals surface area contributed by atoms with Crippen LogP contribution in [0.15, 0.2) is 36.9 Å². The number of hydrogen-bond acceptors (Lipinski definition) is 1. The summed E-state index contributed by atoms with van der Waals surface area (Å²) in [4.78, 5) is 0. The maximum Gasteiger partial charge on any atom is 0.0603 e. The number of benzene rings is 1. The van der Waals surface area contributed by atoms with Crippen LogP contribution in [-0.4, -0.2) is 12.7 Å². The van der Waals surface area contributed by atoms with Gasteiger partial charge in [0.15, 0.2) is 0 Å². The minimum Gasteiger partial charge on any atom is -0.377 e. The van der Waals surface area contributed by atoms with Crippen LogP contribution in [-0.2, 0) is 4.74 Å². The summed E-state index contributed by atoms with van der Waals surface area (Å²) in [6, 6.07) is 8.99. The predicted molar refractivity (Wildman–Crippen MR) is 88.5 cm³/mol. The average Bonchev–Trinajstić information content (AvgIpc) is 2.56. The highest BCUT2D eigenvalue weighted by Crippen LogP contribution is 2.38. The van der Waals surface area contributed by atoms with Crippen LogP contribution in [0.3, 0.4) is 0 Å². The Kier molecular flexibility index (Phi) is 4.80. The molecule has 1 heterocycles. The molecular formula is C20H28O. The molecule has 114 valence electrons. The molecule has 2 aliphatic rings. The van der Waals surface area contributed by atoms with E-state index < -0.39 is 0 Å². The highest BCUT2D eigenvalue weighted by molar-refractivity contribution is 5.24. The molecule has 2 unspecified atom stereocenters. The molecule has 1 saturated heterocycles. The molecule has 2 fully saturated rings. The average molecular weight is 284 g/mol. The van der Waals surface area contributed by atoms with E-state index in [1.54, 1.807) is 0 Å². The summed E-state index contributed by atoms with van der Waals surface area (Å²) >= 11 is 0. The molecule has 1 heteroatoms. The monoisotopic (exact) mass is 284 g/mol. The van der Waals surface area contributed by atoms with Crippen LogP contribution >= 0.6 is 0 Å². The van der Waals surface area contributed by atoms with Gasteiger partial charge in [-0.05, 0) is 62.8 Å². The Hall–Kier alpha value is -1.08. The van der Waals surface area contributed by atoms with Crippen molar-refractivity contribution in [2.24, 2.45) is 11.8 Å². The second kappa shape index (κ2) is 6.79. The Morgan fingerprint density at radius 3 is 2.29 bits per heavy atom. The van der Waals surface area contributed by atoms with E-state index >= 15 is 0 Å². The maximum atomic E-state index is 6.26. The van der Waals surface area contributed by atoms with Gasteiger partial charge < -0.3 is 4.74 Å². The van der Waals surface area contributed by atoms with Crippen LogP contribution in [0.25, 0.3) is 0 Å². The highest BCUT2D eigenvalue weighted by atomic mass is 16.5. The van der Waals surface area contributed by atoms with E-state index in [4.69, 9.17) is 4.74 Å². The van der Waals surface area contributed by atoms with Crippen molar-refractivity contribution in [3.8, 4) is 0 Å². The molecule has 2 atom stereocenters. The van der Waals surface area contributed by atoms with Crippen molar-refractivity contribution in [1.29, 1.82) is 0 Å². The summed E-state index contributed by atoms with van der Waals surface area (Å²) in [5.74, 6) is 2.15. The summed E-state index contributed by atoms with van der Waals surface area (Å²) in [6.45, 7) is 7.00. The van der Waals surface area contributed by atoms with Crippen molar-refractivity contribution in [1.82, 2.24) is 0 Å². The molecule has 0 bridgehead atoms. The largest absolute Gasteiger partial charge is 0.377 e. The second-order valence-electron chi connectivity index (χ2n) is 6.97. The van der Waals surface area contributed by atoms with Crippen molar-refractivity contribution >= 4 is 0 Å². The summed E-state index contributed by atoms with van der Waals surface area (Å²) in [6.07, 6.45) is 10.5.